The van der Waals surface area contributed by atoms with Gasteiger partial charge in [0.25, 0.3) is 5.91 Å². The van der Waals surface area contributed by atoms with Crippen LogP contribution in [0.2, 0.25) is 5.02 Å². The van der Waals surface area contributed by atoms with Gasteiger partial charge in [0, 0.05) is 36.5 Å². The second-order valence-corrected chi connectivity index (χ2v) is 8.14. The van der Waals surface area contributed by atoms with Crippen LogP contribution in [-0.2, 0) is 11.2 Å². The van der Waals surface area contributed by atoms with Gasteiger partial charge in [0.15, 0.2) is 5.78 Å². The van der Waals surface area contributed by atoms with Gasteiger partial charge in [0.1, 0.15) is 11.5 Å². The molecule has 2 N–H and O–H groups in total. The normalized spacial score (nSPS) is 14.6. The van der Waals surface area contributed by atoms with E-state index in [0.29, 0.717) is 54.4 Å². The number of ketones is 1. The van der Waals surface area contributed by atoms with Crippen molar-refractivity contribution >= 4 is 35.0 Å². The number of nitrogens with zero attached hydrogens (tertiary/aromatic N) is 2. The molecule has 1 saturated heterocycles. The van der Waals surface area contributed by atoms with Gasteiger partial charge < -0.3 is 15.2 Å². The Morgan fingerprint density at radius 2 is 1.97 bits per heavy atom. The van der Waals surface area contributed by atoms with E-state index in [1.165, 1.54) is 13.1 Å². The standard InChI is InChI=1S/C22H27ClN4O3/c1-4-5-17-19(14(3)28)13(2)25-20(17)22(30)27-10-8-15(9-11-27)21(29)26-18-7-6-16(23)12-24-18/h6-7,12,15,25H,4-5,8-11H2,1-3H3,(H,24,26,29). The van der Waals surface area contributed by atoms with Crippen LogP contribution >= 0.6 is 11.6 Å². The Balaban J connectivity index is 1.65. The molecule has 1 aliphatic rings. The number of piperidine rings is 1. The van der Waals surface area contributed by atoms with Crippen LogP contribution in [0.3, 0.4) is 0 Å². The van der Waals surface area contributed by atoms with E-state index in [4.69, 9.17) is 11.6 Å². The third-order valence-electron chi connectivity index (χ3n) is 5.49. The van der Waals surface area contributed by atoms with Crippen LogP contribution in [0.4, 0.5) is 5.82 Å². The second kappa shape index (κ2) is 9.43. The number of pyridine rings is 1. The molecule has 0 bridgehead atoms. The first kappa shape index (κ1) is 22.0. The van der Waals surface area contributed by atoms with Crippen molar-refractivity contribution in [2.24, 2.45) is 5.92 Å². The molecule has 1 fully saturated rings. The van der Waals surface area contributed by atoms with Crippen molar-refractivity contribution in [3.8, 4) is 0 Å². The molecule has 1 aliphatic heterocycles. The smallest absolute Gasteiger partial charge is 0.270 e. The van der Waals surface area contributed by atoms with Gasteiger partial charge in [-0.1, -0.05) is 24.9 Å². The first-order valence-electron chi connectivity index (χ1n) is 10.3. The summed E-state index contributed by atoms with van der Waals surface area (Å²) in [5, 5.41) is 3.32. The number of nitrogens with one attached hydrogen (secondary N) is 2. The summed E-state index contributed by atoms with van der Waals surface area (Å²) in [5.74, 6) is 0.0495. The number of H-pyrrole nitrogens is 1. The first-order valence-corrected chi connectivity index (χ1v) is 10.6. The quantitative estimate of drug-likeness (QED) is 0.676. The average molecular weight is 431 g/mol. The molecule has 2 amide bonds. The first-order chi connectivity index (χ1) is 14.3. The van der Waals surface area contributed by atoms with E-state index < -0.39 is 0 Å². The number of hydrogen-bond acceptors (Lipinski definition) is 4. The summed E-state index contributed by atoms with van der Waals surface area (Å²) in [4.78, 5) is 46.7. The fraction of sp³-hybridized carbons (Fsp3) is 0.455. The summed E-state index contributed by atoms with van der Waals surface area (Å²) >= 11 is 5.82. The van der Waals surface area contributed by atoms with Gasteiger partial charge in [-0.05, 0) is 50.8 Å². The fourth-order valence-electron chi connectivity index (χ4n) is 4.02. The van der Waals surface area contributed by atoms with Crippen LogP contribution < -0.4 is 5.32 Å². The molecular weight excluding hydrogens is 404 g/mol. The Kier molecular flexibility index (Phi) is 6.92. The zero-order valence-corrected chi connectivity index (χ0v) is 18.3. The van der Waals surface area contributed by atoms with Gasteiger partial charge in [-0.3, -0.25) is 14.4 Å². The van der Waals surface area contributed by atoms with Crippen molar-refractivity contribution in [1.82, 2.24) is 14.9 Å². The summed E-state index contributed by atoms with van der Waals surface area (Å²) in [7, 11) is 0. The number of rotatable bonds is 6. The number of carbonyl (C=O) groups excluding carboxylic acids is 3. The van der Waals surface area contributed by atoms with E-state index in [9.17, 15) is 14.4 Å². The van der Waals surface area contributed by atoms with Gasteiger partial charge in [-0.15, -0.1) is 0 Å². The maximum Gasteiger partial charge on any atom is 0.270 e. The number of amides is 2. The third kappa shape index (κ3) is 4.73. The predicted molar refractivity (Wildman–Crippen MR) is 116 cm³/mol. The Labute approximate surface area is 181 Å². The van der Waals surface area contributed by atoms with Crippen molar-refractivity contribution in [1.29, 1.82) is 0 Å². The number of likely N-dealkylation sites (tertiary alicyclic amines) is 1. The van der Waals surface area contributed by atoms with Gasteiger partial charge in [-0.25, -0.2) is 4.98 Å². The van der Waals surface area contributed by atoms with Crippen molar-refractivity contribution in [3.63, 3.8) is 0 Å². The van der Waals surface area contributed by atoms with Crippen molar-refractivity contribution in [2.45, 2.75) is 46.5 Å². The number of Topliss-reactive ketones (excluding diaryl/α,β-unsaturated/α-hetero) is 1. The molecule has 30 heavy (non-hydrogen) atoms. The number of aryl methyl sites for hydroxylation is 1. The zero-order valence-electron chi connectivity index (χ0n) is 17.5. The van der Waals surface area contributed by atoms with E-state index in [0.717, 1.165) is 17.7 Å². The summed E-state index contributed by atoms with van der Waals surface area (Å²) in [6.45, 7) is 6.37. The Morgan fingerprint density at radius 1 is 1.27 bits per heavy atom. The van der Waals surface area contributed by atoms with Crippen LogP contribution in [0.1, 0.15) is 65.2 Å². The molecule has 8 heteroatoms. The van der Waals surface area contributed by atoms with Crippen LogP contribution in [-0.4, -0.2) is 45.6 Å². The lowest BCUT2D eigenvalue weighted by Gasteiger charge is -2.31. The number of aromatic nitrogens is 2. The van der Waals surface area contributed by atoms with Crippen LogP contribution in [0, 0.1) is 12.8 Å². The SMILES string of the molecule is CCCc1c(C(=O)N2CCC(C(=O)Nc3ccc(Cl)cn3)CC2)[nH]c(C)c1C(C)=O. The van der Waals surface area contributed by atoms with Crippen molar-refractivity contribution in [3.05, 3.63) is 45.9 Å². The van der Waals surface area contributed by atoms with E-state index in [-0.39, 0.29) is 23.5 Å². The molecule has 0 spiro atoms. The van der Waals surface area contributed by atoms with Crippen LogP contribution in [0.25, 0.3) is 0 Å². The molecule has 3 heterocycles. The minimum Gasteiger partial charge on any atom is -0.354 e. The zero-order chi connectivity index (χ0) is 21.8. The Bertz CT molecular complexity index is 944. The lowest BCUT2D eigenvalue weighted by atomic mass is 9.95. The van der Waals surface area contributed by atoms with E-state index >= 15 is 0 Å². The van der Waals surface area contributed by atoms with Gasteiger partial charge >= 0.3 is 0 Å². The molecule has 7 nitrogen and oxygen atoms in total. The van der Waals surface area contributed by atoms with Gasteiger partial charge in [0.05, 0.1) is 5.02 Å². The highest BCUT2D eigenvalue weighted by Gasteiger charge is 2.31. The Morgan fingerprint density at radius 3 is 2.53 bits per heavy atom. The Hall–Kier alpha value is -2.67. The topological polar surface area (TPSA) is 95.2 Å². The number of carbonyl (C=O) groups is 3. The van der Waals surface area contributed by atoms with Gasteiger partial charge in [0.2, 0.25) is 5.91 Å². The van der Waals surface area contributed by atoms with E-state index in [2.05, 4.69) is 15.3 Å². The van der Waals surface area contributed by atoms with Crippen LogP contribution in [0.15, 0.2) is 18.3 Å². The minimum atomic E-state index is -0.181. The number of aromatic amines is 1. The highest BCUT2D eigenvalue weighted by atomic mass is 35.5. The lowest BCUT2D eigenvalue weighted by Crippen LogP contribution is -2.42. The third-order valence-corrected chi connectivity index (χ3v) is 5.71. The molecule has 0 saturated carbocycles. The monoisotopic (exact) mass is 430 g/mol. The number of anilines is 1. The molecule has 0 atom stereocenters. The predicted octanol–water partition coefficient (Wildman–Crippen LogP) is 4.02. The molecule has 3 rings (SSSR count). The lowest BCUT2D eigenvalue weighted by molar-refractivity contribution is -0.121. The summed E-state index contributed by atoms with van der Waals surface area (Å²) in [5.41, 5.74) is 2.68. The number of halogens is 1. The van der Waals surface area contributed by atoms with Gasteiger partial charge in [-0.2, -0.15) is 0 Å². The minimum absolute atomic E-state index is 0.0301. The second-order valence-electron chi connectivity index (χ2n) is 7.70. The highest BCUT2D eigenvalue weighted by molar-refractivity contribution is 6.30. The maximum absolute atomic E-state index is 13.1. The summed E-state index contributed by atoms with van der Waals surface area (Å²) < 4.78 is 0. The molecule has 2 aromatic rings. The maximum atomic E-state index is 13.1. The molecule has 2 aromatic heterocycles. The van der Waals surface area contributed by atoms with Crippen molar-refractivity contribution < 1.29 is 14.4 Å². The van der Waals surface area contributed by atoms with Crippen molar-refractivity contribution in [2.75, 3.05) is 18.4 Å². The molecule has 160 valence electrons. The van der Waals surface area contributed by atoms with Crippen LogP contribution in [0.5, 0.6) is 0 Å². The van der Waals surface area contributed by atoms with E-state index in [1.54, 1.807) is 17.0 Å². The van der Waals surface area contributed by atoms with E-state index in [1.807, 2.05) is 13.8 Å². The summed E-state index contributed by atoms with van der Waals surface area (Å²) in [6, 6.07) is 3.33. The molecule has 0 aliphatic carbocycles. The molecule has 0 unspecified atom stereocenters. The fourth-order valence-corrected chi connectivity index (χ4v) is 4.13. The molecule has 0 radical (unpaired) electrons. The molecular formula is C22H27ClN4O3. The largest absolute Gasteiger partial charge is 0.354 e. The summed E-state index contributed by atoms with van der Waals surface area (Å²) in [6.07, 6.45) is 4.16. The highest BCUT2D eigenvalue weighted by Crippen LogP contribution is 2.25. The average Bonchev–Trinajstić information content (AvgIpc) is 3.05. The number of hydrogen-bond donors (Lipinski definition) is 2. The molecule has 0 aromatic carbocycles.